The van der Waals surface area contributed by atoms with E-state index in [0.29, 0.717) is 18.2 Å². The lowest BCUT2D eigenvalue weighted by atomic mass is 10.2. The van der Waals surface area contributed by atoms with Gasteiger partial charge in [-0.05, 0) is 6.07 Å². The molecule has 4 N–H and O–H groups in total. The van der Waals surface area contributed by atoms with Crippen molar-refractivity contribution in [3.05, 3.63) is 30.0 Å². The summed E-state index contributed by atoms with van der Waals surface area (Å²) in [6.45, 7) is 0.292. The van der Waals surface area contributed by atoms with Gasteiger partial charge in [0.2, 0.25) is 6.39 Å². The van der Waals surface area contributed by atoms with Crippen molar-refractivity contribution < 1.29 is 14.4 Å². The molecule has 0 bridgehead atoms. The van der Waals surface area contributed by atoms with E-state index < -0.39 is 5.97 Å². The maximum absolute atomic E-state index is 10.7. The summed E-state index contributed by atoms with van der Waals surface area (Å²) < 4.78 is 4.55. The van der Waals surface area contributed by atoms with Gasteiger partial charge >= 0.3 is 5.97 Å². The SMILES string of the molecule is Nc1cc(C(=O)O)cnc1NCc1ncon1. The lowest BCUT2D eigenvalue weighted by molar-refractivity contribution is 0.0696. The summed E-state index contributed by atoms with van der Waals surface area (Å²) >= 11 is 0. The molecule has 0 amide bonds. The number of anilines is 2. The van der Waals surface area contributed by atoms with Gasteiger partial charge in [0.15, 0.2) is 5.82 Å². The van der Waals surface area contributed by atoms with E-state index in [9.17, 15) is 4.79 Å². The van der Waals surface area contributed by atoms with Crippen LogP contribution in [0.1, 0.15) is 16.2 Å². The van der Waals surface area contributed by atoms with E-state index >= 15 is 0 Å². The van der Waals surface area contributed by atoms with Gasteiger partial charge < -0.3 is 20.7 Å². The number of carbonyl (C=O) groups is 1. The largest absolute Gasteiger partial charge is 0.478 e. The number of nitrogens with one attached hydrogen (secondary N) is 1. The molecule has 8 nitrogen and oxygen atoms in total. The molecular weight excluding hydrogens is 226 g/mol. The van der Waals surface area contributed by atoms with Crippen LogP contribution in [0, 0.1) is 0 Å². The second kappa shape index (κ2) is 4.47. The molecule has 2 aromatic heterocycles. The standard InChI is InChI=1S/C9H9N5O3/c10-6-1-5(9(15)16)2-11-8(6)12-3-7-13-4-17-14-7/h1-2,4H,3,10H2,(H,11,12)(H,15,16). The molecule has 0 aliphatic carbocycles. The van der Waals surface area contributed by atoms with Gasteiger partial charge in [0.05, 0.1) is 17.8 Å². The lowest BCUT2D eigenvalue weighted by Gasteiger charge is -2.06. The molecule has 0 unspecified atom stereocenters. The summed E-state index contributed by atoms with van der Waals surface area (Å²) in [5, 5.41) is 15.2. The molecule has 0 saturated carbocycles. The minimum atomic E-state index is -1.08. The summed E-state index contributed by atoms with van der Waals surface area (Å²) in [5.74, 6) is -0.248. The number of hydrogen-bond donors (Lipinski definition) is 3. The van der Waals surface area contributed by atoms with Crippen LogP contribution in [0.4, 0.5) is 11.5 Å². The maximum atomic E-state index is 10.7. The van der Waals surface area contributed by atoms with E-state index in [1.54, 1.807) is 0 Å². The van der Waals surface area contributed by atoms with Crippen LogP contribution in [-0.2, 0) is 6.54 Å². The van der Waals surface area contributed by atoms with Gasteiger partial charge in [0.25, 0.3) is 0 Å². The Labute approximate surface area is 95.5 Å². The zero-order valence-corrected chi connectivity index (χ0v) is 8.62. The van der Waals surface area contributed by atoms with Crippen molar-refractivity contribution in [2.75, 3.05) is 11.1 Å². The second-order valence-corrected chi connectivity index (χ2v) is 3.17. The Morgan fingerprint density at radius 1 is 1.53 bits per heavy atom. The van der Waals surface area contributed by atoms with Crippen LogP contribution in [0.3, 0.4) is 0 Å². The predicted molar refractivity (Wildman–Crippen MR) is 57.2 cm³/mol. The molecule has 2 rings (SSSR count). The minimum absolute atomic E-state index is 0.0348. The molecule has 0 spiro atoms. The average Bonchev–Trinajstić information content (AvgIpc) is 2.80. The molecule has 0 aliphatic heterocycles. The molecule has 0 fully saturated rings. The fraction of sp³-hybridized carbons (Fsp3) is 0.111. The molecular formula is C9H9N5O3. The normalized spacial score (nSPS) is 10.1. The summed E-state index contributed by atoms with van der Waals surface area (Å²) in [6.07, 6.45) is 2.43. The number of carboxylic acids is 1. The van der Waals surface area contributed by atoms with Crippen molar-refractivity contribution >= 4 is 17.5 Å². The predicted octanol–water partition coefficient (Wildman–Crippen LogP) is 0.357. The number of pyridine rings is 1. The first-order chi connectivity index (χ1) is 8.16. The molecule has 88 valence electrons. The van der Waals surface area contributed by atoms with E-state index in [1.165, 1.54) is 18.7 Å². The third-order valence-corrected chi connectivity index (χ3v) is 1.99. The first-order valence-electron chi connectivity index (χ1n) is 4.65. The highest BCUT2D eigenvalue weighted by atomic mass is 16.5. The van der Waals surface area contributed by atoms with Crippen LogP contribution in [0.5, 0.6) is 0 Å². The van der Waals surface area contributed by atoms with E-state index in [-0.39, 0.29) is 11.3 Å². The van der Waals surface area contributed by atoms with Gasteiger partial charge in [0.1, 0.15) is 5.82 Å². The summed E-state index contributed by atoms with van der Waals surface area (Å²) in [6, 6.07) is 1.33. The van der Waals surface area contributed by atoms with Gasteiger partial charge in [-0.25, -0.2) is 9.78 Å². The van der Waals surface area contributed by atoms with Crippen LogP contribution >= 0.6 is 0 Å². The highest BCUT2D eigenvalue weighted by Crippen LogP contribution is 2.16. The Kier molecular flexibility index (Phi) is 2.86. The molecule has 8 heteroatoms. The van der Waals surface area contributed by atoms with Crippen molar-refractivity contribution in [1.82, 2.24) is 15.1 Å². The molecule has 0 saturated heterocycles. The Hall–Kier alpha value is -2.64. The number of aromatic nitrogens is 3. The van der Waals surface area contributed by atoms with E-state index in [1.807, 2.05) is 0 Å². The maximum Gasteiger partial charge on any atom is 0.337 e. The van der Waals surface area contributed by atoms with Crippen LogP contribution in [-0.4, -0.2) is 26.2 Å². The Balaban J connectivity index is 2.09. The first kappa shape index (κ1) is 10.9. The van der Waals surface area contributed by atoms with Gasteiger partial charge in [0, 0.05) is 6.20 Å². The van der Waals surface area contributed by atoms with Gasteiger partial charge in [-0.2, -0.15) is 4.98 Å². The van der Waals surface area contributed by atoms with Crippen LogP contribution < -0.4 is 11.1 Å². The first-order valence-corrected chi connectivity index (χ1v) is 4.65. The highest BCUT2D eigenvalue weighted by molar-refractivity contribution is 5.89. The number of nitrogens with zero attached hydrogens (tertiary/aromatic N) is 3. The molecule has 17 heavy (non-hydrogen) atoms. The summed E-state index contributed by atoms with van der Waals surface area (Å²) in [4.78, 5) is 18.4. The van der Waals surface area contributed by atoms with Gasteiger partial charge in [-0.3, -0.25) is 0 Å². The lowest BCUT2D eigenvalue weighted by Crippen LogP contribution is -2.07. The Bertz CT molecular complexity index is 525. The smallest absolute Gasteiger partial charge is 0.337 e. The molecule has 2 aromatic rings. The van der Waals surface area contributed by atoms with E-state index in [4.69, 9.17) is 10.8 Å². The molecule has 0 aliphatic rings. The fourth-order valence-corrected chi connectivity index (χ4v) is 1.18. The Morgan fingerprint density at radius 2 is 2.35 bits per heavy atom. The van der Waals surface area contributed by atoms with Crippen molar-refractivity contribution in [2.45, 2.75) is 6.54 Å². The average molecular weight is 235 g/mol. The van der Waals surface area contributed by atoms with Crippen molar-refractivity contribution in [3.63, 3.8) is 0 Å². The fourth-order valence-electron chi connectivity index (χ4n) is 1.18. The molecule has 2 heterocycles. The summed E-state index contributed by atoms with van der Waals surface area (Å²) in [7, 11) is 0. The van der Waals surface area contributed by atoms with Crippen LogP contribution in [0.25, 0.3) is 0 Å². The third-order valence-electron chi connectivity index (χ3n) is 1.99. The molecule has 0 atom stereocenters. The van der Waals surface area contributed by atoms with Crippen LogP contribution in [0.15, 0.2) is 23.2 Å². The Morgan fingerprint density at radius 3 is 2.94 bits per heavy atom. The van der Waals surface area contributed by atoms with Crippen molar-refractivity contribution in [1.29, 1.82) is 0 Å². The van der Waals surface area contributed by atoms with E-state index in [2.05, 4.69) is 25.0 Å². The van der Waals surface area contributed by atoms with Crippen molar-refractivity contribution in [2.24, 2.45) is 0 Å². The van der Waals surface area contributed by atoms with Gasteiger partial charge in [-0.15, -0.1) is 0 Å². The van der Waals surface area contributed by atoms with Crippen molar-refractivity contribution in [3.8, 4) is 0 Å². The second-order valence-electron chi connectivity index (χ2n) is 3.17. The van der Waals surface area contributed by atoms with Gasteiger partial charge in [-0.1, -0.05) is 5.16 Å². The quantitative estimate of drug-likeness (QED) is 0.692. The molecule has 0 aromatic carbocycles. The zero-order valence-electron chi connectivity index (χ0n) is 8.62. The highest BCUT2D eigenvalue weighted by Gasteiger charge is 2.08. The topological polar surface area (TPSA) is 127 Å². The number of aromatic carboxylic acids is 1. The summed E-state index contributed by atoms with van der Waals surface area (Å²) in [5.41, 5.74) is 5.92. The number of nitrogen functional groups attached to an aromatic ring is 1. The number of rotatable bonds is 4. The number of carboxylic acid groups (broad SMARTS) is 1. The molecule has 0 radical (unpaired) electrons. The van der Waals surface area contributed by atoms with Crippen LogP contribution in [0.2, 0.25) is 0 Å². The minimum Gasteiger partial charge on any atom is -0.478 e. The monoisotopic (exact) mass is 235 g/mol. The number of hydrogen-bond acceptors (Lipinski definition) is 7. The number of nitrogens with two attached hydrogens (primary N) is 1. The zero-order chi connectivity index (χ0) is 12.3. The van der Waals surface area contributed by atoms with E-state index in [0.717, 1.165) is 0 Å². The third kappa shape index (κ3) is 2.48.